The molecule has 0 saturated heterocycles. The van der Waals surface area contributed by atoms with Crippen LogP contribution < -0.4 is 5.73 Å². The maximum absolute atomic E-state index is 5.62. The summed E-state index contributed by atoms with van der Waals surface area (Å²) in [5.41, 5.74) is 5.62. The van der Waals surface area contributed by atoms with Crippen LogP contribution in [-0.2, 0) is 0 Å². The molecule has 0 rings (SSSR count). The first-order valence-corrected chi connectivity index (χ1v) is 6.11. The third-order valence-corrected chi connectivity index (χ3v) is 3.04. The molecule has 2 heteroatoms. The van der Waals surface area contributed by atoms with Gasteiger partial charge in [0.05, 0.1) is 0 Å². The lowest BCUT2D eigenvalue weighted by Gasteiger charge is -2.21. The van der Waals surface area contributed by atoms with Crippen molar-refractivity contribution in [2.24, 2.45) is 17.6 Å². The Morgan fingerprint density at radius 2 is 2.00 bits per heavy atom. The Kier molecular flexibility index (Phi) is 8.73. The minimum Gasteiger partial charge on any atom is -0.330 e. The monoisotopic (exact) mass is 212 g/mol. The third kappa shape index (κ3) is 7.57. The van der Waals surface area contributed by atoms with Crippen LogP contribution in [0.25, 0.3) is 0 Å². The van der Waals surface area contributed by atoms with E-state index in [9.17, 15) is 0 Å². The molecule has 0 aliphatic heterocycles. The summed E-state index contributed by atoms with van der Waals surface area (Å²) >= 11 is 0. The number of nitrogens with zero attached hydrogens (tertiary/aromatic N) is 1. The molecule has 0 saturated carbocycles. The molecular weight excluding hydrogens is 184 g/mol. The van der Waals surface area contributed by atoms with Gasteiger partial charge in [0.15, 0.2) is 0 Å². The molecule has 0 spiro atoms. The quantitative estimate of drug-likeness (QED) is 0.595. The number of rotatable bonds is 9. The normalized spacial score (nSPS) is 13.5. The van der Waals surface area contributed by atoms with E-state index in [0.29, 0.717) is 0 Å². The summed E-state index contributed by atoms with van der Waals surface area (Å²) in [6, 6.07) is 0. The average molecular weight is 212 g/mol. The van der Waals surface area contributed by atoms with Gasteiger partial charge in [-0.1, -0.05) is 19.9 Å². The first-order chi connectivity index (χ1) is 7.11. The number of hydrogen-bond donors (Lipinski definition) is 1. The summed E-state index contributed by atoms with van der Waals surface area (Å²) in [6.45, 7) is 11.3. The highest BCUT2D eigenvalue weighted by Gasteiger charge is 2.12. The van der Waals surface area contributed by atoms with Crippen molar-refractivity contribution in [3.63, 3.8) is 0 Å². The molecule has 0 aromatic rings. The lowest BCUT2D eigenvalue weighted by atomic mass is 9.88. The Balaban J connectivity index is 3.65. The van der Waals surface area contributed by atoms with E-state index in [4.69, 9.17) is 5.73 Å². The van der Waals surface area contributed by atoms with Gasteiger partial charge in [-0.25, -0.2) is 0 Å². The first-order valence-electron chi connectivity index (χ1n) is 6.11. The van der Waals surface area contributed by atoms with E-state index in [2.05, 4.69) is 32.4 Å². The SMILES string of the molecule is C=CCN(C)CCCC(CCN)C(C)C. The Labute approximate surface area is 95.5 Å². The molecule has 15 heavy (non-hydrogen) atoms. The predicted molar refractivity (Wildman–Crippen MR) is 68.9 cm³/mol. The zero-order valence-corrected chi connectivity index (χ0v) is 10.7. The molecule has 2 N–H and O–H groups in total. The summed E-state index contributed by atoms with van der Waals surface area (Å²) in [7, 11) is 2.15. The van der Waals surface area contributed by atoms with Crippen LogP contribution in [-0.4, -0.2) is 31.6 Å². The molecule has 0 fully saturated rings. The maximum Gasteiger partial charge on any atom is 0.0157 e. The van der Waals surface area contributed by atoms with E-state index in [1.165, 1.54) is 25.8 Å². The molecule has 0 aliphatic rings. The lowest BCUT2D eigenvalue weighted by Crippen LogP contribution is -2.21. The minimum absolute atomic E-state index is 0.762. The van der Waals surface area contributed by atoms with Gasteiger partial charge in [-0.2, -0.15) is 0 Å². The molecule has 0 radical (unpaired) electrons. The predicted octanol–water partition coefficient (Wildman–Crippen LogP) is 2.51. The molecule has 1 atom stereocenters. The van der Waals surface area contributed by atoms with E-state index < -0.39 is 0 Å². The largest absolute Gasteiger partial charge is 0.330 e. The standard InChI is InChI=1S/C13H28N2/c1-5-10-15(4)11-6-7-13(8-9-14)12(2)3/h5,12-13H,1,6-11,14H2,2-4H3. The molecule has 90 valence electrons. The van der Waals surface area contributed by atoms with Gasteiger partial charge in [-0.05, 0) is 51.2 Å². The Morgan fingerprint density at radius 1 is 1.33 bits per heavy atom. The topological polar surface area (TPSA) is 29.3 Å². The summed E-state index contributed by atoms with van der Waals surface area (Å²) in [5.74, 6) is 1.56. The molecule has 0 aliphatic carbocycles. The lowest BCUT2D eigenvalue weighted by molar-refractivity contribution is 0.295. The van der Waals surface area contributed by atoms with Crippen molar-refractivity contribution in [1.82, 2.24) is 4.90 Å². The van der Waals surface area contributed by atoms with E-state index in [1.54, 1.807) is 0 Å². The van der Waals surface area contributed by atoms with Crippen LogP contribution in [0.4, 0.5) is 0 Å². The summed E-state index contributed by atoms with van der Waals surface area (Å²) in [4.78, 5) is 2.31. The molecule has 0 bridgehead atoms. The molecule has 0 heterocycles. The van der Waals surface area contributed by atoms with E-state index in [-0.39, 0.29) is 0 Å². The highest BCUT2D eigenvalue weighted by atomic mass is 15.1. The van der Waals surface area contributed by atoms with E-state index in [1.807, 2.05) is 6.08 Å². The van der Waals surface area contributed by atoms with Crippen molar-refractivity contribution in [3.05, 3.63) is 12.7 Å². The van der Waals surface area contributed by atoms with Gasteiger partial charge < -0.3 is 10.6 Å². The summed E-state index contributed by atoms with van der Waals surface area (Å²) in [6.07, 6.45) is 5.70. The smallest absolute Gasteiger partial charge is 0.0157 e. The molecule has 2 nitrogen and oxygen atoms in total. The molecule has 0 amide bonds. The average Bonchev–Trinajstić information content (AvgIpc) is 2.16. The van der Waals surface area contributed by atoms with Gasteiger partial charge >= 0.3 is 0 Å². The van der Waals surface area contributed by atoms with E-state index in [0.717, 1.165) is 24.9 Å². The summed E-state index contributed by atoms with van der Waals surface area (Å²) < 4.78 is 0. The van der Waals surface area contributed by atoms with Gasteiger partial charge in [-0.3, -0.25) is 0 Å². The number of nitrogens with two attached hydrogens (primary N) is 1. The third-order valence-electron chi connectivity index (χ3n) is 3.04. The van der Waals surface area contributed by atoms with Gasteiger partial charge in [0.1, 0.15) is 0 Å². The second kappa shape index (κ2) is 8.93. The zero-order chi connectivity index (χ0) is 11.7. The van der Waals surface area contributed by atoms with Crippen LogP contribution in [0.15, 0.2) is 12.7 Å². The Morgan fingerprint density at radius 3 is 2.47 bits per heavy atom. The minimum atomic E-state index is 0.762. The molecule has 0 aromatic carbocycles. The van der Waals surface area contributed by atoms with Gasteiger partial charge in [0, 0.05) is 6.54 Å². The Hall–Kier alpha value is -0.340. The van der Waals surface area contributed by atoms with Crippen LogP contribution in [0.5, 0.6) is 0 Å². The van der Waals surface area contributed by atoms with Crippen molar-refractivity contribution in [2.45, 2.75) is 33.1 Å². The van der Waals surface area contributed by atoms with Crippen molar-refractivity contribution < 1.29 is 0 Å². The number of hydrogen-bond acceptors (Lipinski definition) is 2. The van der Waals surface area contributed by atoms with Crippen LogP contribution in [0.2, 0.25) is 0 Å². The fraction of sp³-hybridized carbons (Fsp3) is 0.846. The van der Waals surface area contributed by atoms with Crippen LogP contribution in [0, 0.1) is 11.8 Å². The van der Waals surface area contributed by atoms with Gasteiger partial charge in [0.25, 0.3) is 0 Å². The second-order valence-electron chi connectivity index (χ2n) is 4.77. The second-order valence-corrected chi connectivity index (χ2v) is 4.77. The molecular formula is C13H28N2. The summed E-state index contributed by atoms with van der Waals surface area (Å²) in [5, 5.41) is 0. The molecule has 1 unspecified atom stereocenters. The van der Waals surface area contributed by atoms with Crippen LogP contribution >= 0.6 is 0 Å². The zero-order valence-electron chi connectivity index (χ0n) is 10.7. The highest BCUT2D eigenvalue weighted by Crippen LogP contribution is 2.20. The Bertz CT molecular complexity index is 155. The first kappa shape index (κ1) is 14.7. The van der Waals surface area contributed by atoms with Crippen molar-refractivity contribution in [2.75, 3.05) is 26.7 Å². The van der Waals surface area contributed by atoms with Crippen molar-refractivity contribution >= 4 is 0 Å². The highest BCUT2D eigenvalue weighted by molar-refractivity contribution is 4.71. The van der Waals surface area contributed by atoms with Gasteiger partial charge in [-0.15, -0.1) is 6.58 Å². The van der Waals surface area contributed by atoms with E-state index >= 15 is 0 Å². The fourth-order valence-corrected chi connectivity index (χ4v) is 1.96. The molecule has 0 aromatic heterocycles. The van der Waals surface area contributed by atoms with Gasteiger partial charge in [0.2, 0.25) is 0 Å². The maximum atomic E-state index is 5.62. The fourth-order valence-electron chi connectivity index (χ4n) is 1.96. The number of likely N-dealkylation sites (N-methyl/N-ethyl adjacent to an activating group) is 1. The van der Waals surface area contributed by atoms with Crippen molar-refractivity contribution in [3.8, 4) is 0 Å². The van der Waals surface area contributed by atoms with Crippen LogP contribution in [0.3, 0.4) is 0 Å². The van der Waals surface area contributed by atoms with Crippen LogP contribution in [0.1, 0.15) is 33.1 Å². The van der Waals surface area contributed by atoms with Crippen molar-refractivity contribution in [1.29, 1.82) is 0 Å².